The first-order chi connectivity index (χ1) is 18.3. The molecule has 1 aromatic heterocycles. The van der Waals surface area contributed by atoms with Crippen molar-refractivity contribution in [1.29, 1.82) is 0 Å². The molecule has 0 bridgehead atoms. The van der Waals surface area contributed by atoms with Crippen LogP contribution in [0.15, 0.2) is 42.5 Å². The lowest BCUT2D eigenvalue weighted by Crippen LogP contribution is -2.39. The Balaban J connectivity index is 1.49. The van der Waals surface area contributed by atoms with Gasteiger partial charge in [0.05, 0.1) is 23.5 Å². The fourth-order valence-electron chi connectivity index (χ4n) is 5.85. The number of esters is 1. The number of methoxy groups -OCH3 is 2. The van der Waals surface area contributed by atoms with Crippen LogP contribution in [0.25, 0.3) is 5.70 Å². The fraction of sp³-hybridized carbons (Fsp3) is 0.500. The monoisotopic (exact) mass is 519 g/mol. The van der Waals surface area contributed by atoms with E-state index in [0.717, 1.165) is 42.6 Å². The first-order valence-electron chi connectivity index (χ1n) is 13.6. The van der Waals surface area contributed by atoms with Crippen LogP contribution in [0.4, 0.5) is 5.69 Å². The summed E-state index contributed by atoms with van der Waals surface area (Å²) in [4.78, 5) is 28.5. The van der Waals surface area contributed by atoms with E-state index in [1.54, 1.807) is 30.7 Å². The molecule has 0 saturated heterocycles. The maximum absolute atomic E-state index is 14.0. The molecule has 1 aliphatic heterocycles. The highest BCUT2D eigenvalue weighted by atomic mass is 16.5. The van der Waals surface area contributed by atoms with Crippen molar-refractivity contribution in [3.63, 3.8) is 0 Å². The van der Waals surface area contributed by atoms with Crippen molar-refractivity contribution in [2.24, 2.45) is 0 Å². The second-order valence-corrected chi connectivity index (χ2v) is 10.5. The molecule has 202 valence electrons. The Hall–Kier alpha value is -3.23. The van der Waals surface area contributed by atoms with E-state index < -0.39 is 11.6 Å². The molecule has 2 aromatic rings. The van der Waals surface area contributed by atoms with Gasteiger partial charge in [0.15, 0.2) is 5.69 Å². The van der Waals surface area contributed by atoms with E-state index in [1.807, 2.05) is 37.3 Å². The molecule has 3 aliphatic rings. The molecule has 1 fully saturated rings. The van der Waals surface area contributed by atoms with E-state index in [0.29, 0.717) is 30.6 Å². The number of aromatic nitrogens is 2. The molecule has 0 radical (unpaired) electrons. The van der Waals surface area contributed by atoms with Crippen LogP contribution in [-0.2, 0) is 26.2 Å². The molecule has 0 N–H and O–H groups in total. The van der Waals surface area contributed by atoms with Gasteiger partial charge in [0.1, 0.15) is 5.69 Å². The Morgan fingerprint density at radius 1 is 1.08 bits per heavy atom. The average Bonchev–Trinajstić information content (AvgIpc) is 3.35. The number of nitrogens with zero attached hydrogens (tertiary/aromatic N) is 3. The van der Waals surface area contributed by atoms with Crippen LogP contribution in [0.3, 0.4) is 0 Å². The zero-order valence-corrected chi connectivity index (χ0v) is 22.8. The summed E-state index contributed by atoms with van der Waals surface area (Å²) in [6, 6.07) is 8.19. The summed E-state index contributed by atoms with van der Waals surface area (Å²) < 4.78 is 18.5. The summed E-state index contributed by atoms with van der Waals surface area (Å²) in [6.07, 6.45) is 12.5. The quantitative estimate of drug-likeness (QED) is 0.463. The summed E-state index contributed by atoms with van der Waals surface area (Å²) >= 11 is 0. The standard InChI is InChI=1S/C30H37N3O5/c1-5-38-28(35)25-24-15-20-32(22-11-9-21(10-12-22)30(37-4)16-7-6-8-17-30)27(34)26(24)33(31-25)23-13-18-29(2,36-3)19-14-23/h9-14,18H,5-8,15-17,19-20H2,1-4H3. The smallest absolute Gasteiger partial charge is 0.359 e. The van der Waals surface area contributed by atoms with Crippen molar-refractivity contribution >= 4 is 23.3 Å². The number of benzene rings is 1. The Kier molecular flexibility index (Phi) is 7.29. The maximum Gasteiger partial charge on any atom is 0.359 e. The van der Waals surface area contributed by atoms with Crippen LogP contribution >= 0.6 is 0 Å². The van der Waals surface area contributed by atoms with E-state index >= 15 is 0 Å². The van der Waals surface area contributed by atoms with Gasteiger partial charge in [-0.25, -0.2) is 9.48 Å². The van der Waals surface area contributed by atoms with E-state index in [2.05, 4.69) is 17.2 Å². The van der Waals surface area contributed by atoms with Gasteiger partial charge in [-0.2, -0.15) is 5.10 Å². The van der Waals surface area contributed by atoms with Crippen molar-refractivity contribution in [3.05, 3.63) is 65.0 Å². The van der Waals surface area contributed by atoms with Crippen LogP contribution in [0.2, 0.25) is 0 Å². The van der Waals surface area contributed by atoms with Crippen LogP contribution in [0.1, 0.15) is 84.5 Å². The topological polar surface area (TPSA) is 82.9 Å². The summed E-state index contributed by atoms with van der Waals surface area (Å²) in [5.41, 5.74) is 3.28. The summed E-state index contributed by atoms with van der Waals surface area (Å²) in [5.74, 6) is -0.692. The Labute approximate surface area is 224 Å². The maximum atomic E-state index is 14.0. The van der Waals surface area contributed by atoms with Gasteiger partial charge in [0.2, 0.25) is 0 Å². The third-order valence-corrected chi connectivity index (χ3v) is 8.28. The lowest BCUT2D eigenvalue weighted by molar-refractivity contribution is -0.0445. The summed E-state index contributed by atoms with van der Waals surface area (Å²) in [5, 5.41) is 4.60. The number of allylic oxidation sites excluding steroid dienone is 2. The third-order valence-electron chi connectivity index (χ3n) is 8.28. The van der Waals surface area contributed by atoms with Crippen LogP contribution in [0.5, 0.6) is 0 Å². The third kappa shape index (κ3) is 4.60. The number of carbonyl (C=O) groups excluding carboxylic acids is 2. The number of hydrogen-bond donors (Lipinski definition) is 0. The molecule has 38 heavy (non-hydrogen) atoms. The van der Waals surface area contributed by atoms with Gasteiger partial charge in [-0.3, -0.25) is 4.79 Å². The van der Waals surface area contributed by atoms with Crippen molar-refractivity contribution in [2.45, 2.75) is 70.0 Å². The zero-order chi connectivity index (χ0) is 26.9. The number of ether oxygens (including phenoxy) is 3. The largest absolute Gasteiger partial charge is 0.461 e. The minimum Gasteiger partial charge on any atom is -0.461 e. The predicted molar refractivity (Wildman–Crippen MR) is 145 cm³/mol. The molecule has 8 nitrogen and oxygen atoms in total. The van der Waals surface area contributed by atoms with Crippen molar-refractivity contribution in [3.8, 4) is 0 Å². The molecule has 2 aliphatic carbocycles. The first-order valence-corrected chi connectivity index (χ1v) is 13.6. The average molecular weight is 520 g/mol. The minimum absolute atomic E-state index is 0.185. The van der Waals surface area contributed by atoms with E-state index in [1.165, 1.54) is 6.42 Å². The normalized spacial score (nSPS) is 22.7. The van der Waals surface area contributed by atoms with Gasteiger partial charge in [-0.1, -0.05) is 43.5 Å². The van der Waals surface area contributed by atoms with Gasteiger partial charge in [-0.15, -0.1) is 0 Å². The fourth-order valence-corrected chi connectivity index (χ4v) is 5.85. The molecular formula is C30H37N3O5. The van der Waals surface area contributed by atoms with Gasteiger partial charge in [0, 0.05) is 38.4 Å². The number of fused-ring (bicyclic) bond motifs is 1. The van der Waals surface area contributed by atoms with Gasteiger partial charge < -0.3 is 19.1 Å². The van der Waals surface area contributed by atoms with Crippen molar-refractivity contribution in [1.82, 2.24) is 9.78 Å². The highest BCUT2D eigenvalue weighted by Gasteiger charge is 2.37. The summed E-state index contributed by atoms with van der Waals surface area (Å²) in [6.45, 7) is 4.45. The first kappa shape index (κ1) is 26.4. The molecule has 0 spiro atoms. The highest BCUT2D eigenvalue weighted by Crippen LogP contribution is 2.41. The molecule has 8 heteroatoms. The van der Waals surface area contributed by atoms with Crippen molar-refractivity contribution in [2.75, 3.05) is 32.3 Å². The second-order valence-electron chi connectivity index (χ2n) is 10.5. The number of hydrogen-bond acceptors (Lipinski definition) is 6. The lowest BCUT2D eigenvalue weighted by Gasteiger charge is -2.37. The highest BCUT2D eigenvalue weighted by molar-refractivity contribution is 6.09. The molecule has 1 amide bonds. The second kappa shape index (κ2) is 10.5. The molecular weight excluding hydrogens is 482 g/mol. The van der Waals surface area contributed by atoms with Gasteiger partial charge >= 0.3 is 5.97 Å². The van der Waals surface area contributed by atoms with E-state index in [4.69, 9.17) is 14.2 Å². The van der Waals surface area contributed by atoms with E-state index in [9.17, 15) is 9.59 Å². The minimum atomic E-state index is -0.507. The number of carbonyl (C=O) groups is 2. The zero-order valence-electron chi connectivity index (χ0n) is 22.8. The SMILES string of the molecule is CCOC(=O)c1nn(C2=CCC(C)(OC)C=C2)c2c1CCN(c1ccc(C3(OC)CCCCC3)cc1)C2=O. The molecule has 1 saturated carbocycles. The Bertz CT molecular complexity index is 1270. The lowest BCUT2D eigenvalue weighted by atomic mass is 9.79. The molecule has 1 atom stereocenters. The Morgan fingerprint density at radius 2 is 1.82 bits per heavy atom. The van der Waals surface area contributed by atoms with Gasteiger partial charge in [0.25, 0.3) is 5.91 Å². The molecule has 2 heterocycles. The van der Waals surface area contributed by atoms with Crippen LogP contribution in [-0.4, -0.2) is 54.6 Å². The molecule has 5 rings (SSSR count). The van der Waals surface area contributed by atoms with Crippen molar-refractivity contribution < 1.29 is 23.8 Å². The van der Waals surface area contributed by atoms with Gasteiger partial charge in [-0.05, 0) is 56.9 Å². The Morgan fingerprint density at radius 3 is 2.42 bits per heavy atom. The van der Waals surface area contributed by atoms with Crippen LogP contribution < -0.4 is 4.90 Å². The van der Waals surface area contributed by atoms with E-state index in [-0.39, 0.29) is 23.8 Å². The number of anilines is 1. The van der Waals surface area contributed by atoms with Crippen LogP contribution in [0, 0.1) is 0 Å². The predicted octanol–water partition coefficient (Wildman–Crippen LogP) is 5.27. The number of amides is 1. The molecule has 1 aromatic carbocycles. The summed E-state index contributed by atoms with van der Waals surface area (Å²) in [7, 11) is 3.47. The number of rotatable bonds is 7. The molecule has 1 unspecified atom stereocenters.